The quantitative estimate of drug-likeness (QED) is 0.115. The zero-order valence-corrected chi connectivity index (χ0v) is 31.1. The number of carbonyl (C=O) groups excluding carboxylic acids is 1. The smallest absolute Gasteiger partial charge is 0.219 e. The molecule has 8 atom stereocenters. The Morgan fingerprint density at radius 3 is 2.33 bits per heavy atom. The molecule has 0 spiro atoms. The van der Waals surface area contributed by atoms with E-state index in [4.69, 9.17) is 4.74 Å². The van der Waals surface area contributed by atoms with Crippen molar-refractivity contribution in [2.75, 3.05) is 13.2 Å². The number of hydrogen-bond acceptors (Lipinski definition) is 2. The number of carbonyl (C=O) groups is 1. The van der Waals surface area contributed by atoms with E-state index < -0.39 is 0 Å². The van der Waals surface area contributed by atoms with Gasteiger partial charge in [0, 0.05) is 19.6 Å². The Labute approximate surface area is 280 Å². The first-order chi connectivity index (χ1) is 21.5. The van der Waals surface area contributed by atoms with Crippen molar-refractivity contribution >= 4 is 5.91 Å². The SMILES string of the molecule is CC(C)CCCCCCNC(=O)CCCCCO[C@H]1CC[C@@]2(C)C(=CC[C@H]3[C@@H]4CC[C@H]([C@H](C)CCCC(C)C)[C@@]4(C)CC[C@@H]32)C1. The predicted octanol–water partition coefficient (Wildman–Crippen LogP) is 11.7. The van der Waals surface area contributed by atoms with Gasteiger partial charge < -0.3 is 10.1 Å². The van der Waals surface area contributed by atoms with Gasteiger partial charge in [-0.05, 0) is 123 Å². The van der Waals surface area contributed by atoms with Crippen molar-refractivity contribution in [1.82, 2.24) is 5.32 Å². The molecule has 3 nitrogen and oxygen atoms in total. The van der Waals surface area contributed by atoms with Crippen LogP contribution in [0, 0.1) is 52.3 Å². The number of rotatable bonds is 19. The topological polar surface area (TPSA) is 38.3 Å². The summed E-state index contributed by atoms with van der Waals surface area (Å²) in [6, 6.07) is 0. The van der Waals surface area contributed by atoms with Gasteiger partial charge in [0.1, 0.15) is 0 Å². The van der Waals surface area contributed by atoms with Crippen molar-refractivity contribution in [3.05, 3.63) is 11.6 Å². The van der Waals surface area contributed by atoms with E-state index in [1.807, 2.05) is 0 Å². The van der Waals surface area contributed by atoms with Crippen LogP contribution in [-0.2, 0) is 9.53 Å². The molecule has 4 aliphatic carbocycles. The lowest BCUT2D eigenvalue weighted by Crippen LogP contribution is -2.51. The first-order valence-electron chi connectivity index (χ1n) is 20.1. The number of nitrogens with one attached hydrogen (secondary N) is 1. The Morgan fingerprint density at radius 1 is 0.822 bits per heavy atom. The van der Waals surface area contributed by atoms with Crippen LogP contribution in [0.2, 0.25) is 0 Å². The van der Waals surface area contributed by atoms with Crippen LogP contribution in [0.1, 0.15) is 177 Å². The molecule has 3 saturated carbocycles. The van der Waals surface area contributed by atoms with E-state index in [2.05, 4.69) is 59.9 Å². The summed E-state index contributed by atoms with van der Waals surface area (Å²) in [5.74, 6) is 6.47. The van der Waals surface area contributed by atoms with Crippen molar-refractivity contribution in [3.63, 3.8) is 0 Å². The van der Waals surface area contributed by atoms with Gasteiger partial charge >= 0.3 is 0 Å². The Kier molecular flexibility index (Phi) is 14.4. The normalized spacial score (nSPS) is 33.4. The molecule has 1 N–H and O–H groups in total. The molecule has 45 heavy (non-hydrogen) atoms. The molecule has 4 aliphatic rings. The highest BCUT2D eigenvalue weighted by atomic mass is 16.5. The summed E-state index contributed by atoms with van der Waals surface area (Å²) in [7, 11) is 0. The Hall–Kier alpha value is -0.830. The lowest BCUT2D eigenvalue weighted by atomic mass is 9.47. The minimum absolute atomic E-state index is 0.236. The molecular formula is C42H75NO2. The Bertz CT molecular complexity index is 924. The van der Waals surface area contributed by atoms with Crippen LogP contribution in [0.4, 0.5) is 0 Å². The van der Waals surface area contributed by atoms with Gasteiger partial charge in [0.2, 0.25) is 5.91 Å². The molecule has 0 heterocycles. The van der Waals surface area contributed by atoms with Crippen molar-refractivity contribution in [2.24, 2.45) is 52.3 Å². The summed E-state index contributed by atoms with van der Waals surface area (Å²) in [4.78, 5) is 12.2. The van der Waals surface area contributed by atoms with Crippen molar-refractivity contribution in [3.8, 4) is 0 Å². The van der Waals surface area contributed by atoms with Crippen LogP contribution in [0.5, 0.6) is 0 Å². The lowest BCUT2D eigenvalue weighted by Gasteiger charge is -2.58. The van der Waals surface area contributed by atoms with E-state index >= 15 is 0 Å². The molecule has 0 aromatic rings. The average Bonchev–Trinajstić information content (AvgIpc) is 3.35. The first kappa shape index (κ1) is 37.0. The monoisotopic (exact) mass is 626 g/mol. The van der Waals surface area contributed by atoms with Gasteiger partial charge in [0.15, 0.2) is 0 Å². The van der Waals surface area contributed by atoms with E-state index in [0.717, 1.165) is 86.7 Å². The molecule has 0 aromatic carbocycles. The summed E-state index contributed by atoms with van der Waals surface area (Å²) < 4.78 is 6.48. The maximum atomic E-state index is 12.2. The van der Waals surface area contributed by atoms with Gasteiger partial charge in [0.25, 0.3) is 0 Å². The molecule has 0 saturated heterocycles. The number of amides is 1. The molecule has 0 bridgehead atoms. The van der Waals surface area contributed by atoms with E-state index in [1.165, 1.54) is 89.9 Å². The summed E-state index contributed by atoms with van der Waals surface area (Å²) >= 11 is 0. The number of allylic oxidation sites excluding steroid dienone is 1. The summed E-state index contributed by atoms with van der Waals surface area (Å²) in [6.45, 7) is 19.0. The fraction of sp³-hybridized carbons (Fsp3) is 0.929. The molecule has 0 radical (unpaired) electrons. The number of ether oxygens (including phenoxy) is 1. The molecule has 3 heteroatoms. The second kappa shape index (κ2) is 17.5. The van der Waals surface area contributed by atoms with E-state index in [1.54, 1.807) is 5.57 Å². The van der Waals surface area contributed by atoms with Gasteiger partial charge in [-0.1, -0.05) is 111 Å². The summed E-state index contributed by atoms with van der Waals surface area (Å²) in [5.41, 5.74) is 2.73. The molecule has 3 fully saturated rings. The molecular weight excluding hydrogens is 550 g/mol. The standard InChI is InChI=1S/C42H75NO2/c1-31(2)16-11-8-9-13-28-43-40(44)19-12-10-14-29-45-35-24-26-41(6)34(30-35)20-21-36-38-23-22-37(33(5)18-15-17-32(3)4)42(38,7)27-25-39(36)41/h20,31-33,35-39H,8-19,21-30H2,1-7H3,(H,43,44)/t33-,35+,36+,37-,38+,39+,41+,42-/m1/s1. The molecule has 0 aliphatic heterocycles. The Morgan fingerprint density at radius 2 is 1.56 bits per heavy atom. The van der Waals surface area contributed by atoms with Gasteiger partial charge in [-0.3, -0.25) is 4.79 Å². The van der Waals surface area contributed by atoms with Crippen LogP contribution >= 0.6 is 0 Å². The van der Waals surface area contributed by atoms with E-state index in [0.29, 0.717) is 23.4 Å². The molecule has 1 amide bonds. The van der Waals surface area contributed by atoms with Crippen molar-refractivity contribution < 1.29 is 9.53 Å². The minimum Gasteiger partial charge on any atom is -0.378 e. The predicted molar refractivity (Wildman–Crippen MR) is 192 cm³/mol. The van der Waals surface area contributed by atoms with Crippen molar-refractivity contribution in [2.45, 2.75) is 183 Å². The second-order valence-corrected chi connectivity index (χ2v) is 17.8. The highest BCUT2D eigenvalue weighted by Crippen LogP contribution is 2.67. The molecule has 0 unspecified atom stereocenters. The zero-order chi connectivity index (χ0) is 32.5. The minimum atomic E-state index is 0.236. The largest absolute Gasteiger partial charge is 0.378 e. The highest BCUT2D eigenvalue weighted by Gasteiger charge is 2.59. The fourth-order valence-corrected chi connectivity index (χ4v) is 11.0. The number of hydrogen-bond donors (Lipinski definition) is 1. The summed E-state index contributed by atoms with van der Waals surface area (Å²) in [6.07, 6.45) is 28.5. The third kappa shape index (κ3) is 9.85. The maximum Gasteiger partial charge on any atom is 0.219 e. The molecule has 260 valence electrons. The van der Waals surface area contributed by atoms with Gasteiger partial charge in [-0.25, -0.2) is 0 Å². The third-order valence-corrected chi connectivity index (χ3v) is 13.7. The number of unbranched alkanes of at least 4 members (excludes halogenated alkanes) is 5. The van der Waals surface area contributed by atoms with Crippen LogP contribution < -0.4 is 5.32 Å². The van der Waals surface area contributed by atoms with Gasteiger partial charge in [-0.15, -0.1) is 0 Å². The Balaban J connectivity index is 1.13. The van der Waals surface area contributed by atoms with Crippen LogP contribution in [-0.4, -0.2) is 25.2 Å². The van der Waals surface area contributed by atoms with Crippen LogP contribution in [0.25, 0.3) is 0 Å². The van der Waals surface area contributed by atoms with Crippen molar-refractivity contribution in [1.29, 1.82) is 0 Å². The maximum absolute atomic E-state index is 12.2. The van der Waals surface area contributed by atoms with E-state index in [-0.39, 0.29) is 5.91 Å². The third-order valence-electron chi connectivity index (χ3n) is 13.7. The first-order valence-corrected chi connectivity index (χ1v) is 20.1. The van der Waals surface area contributed by atoms with Crippen LogP contribution in [0.15, 0.2) is 11.6 Å². The number of fused-ring (bicyclic) bond motifs is 5. The lowest BCUT2D eigenvalue weighted by molar-refractivity contribution is -0.121. The average molecular weight is 626 g/mol. The van der Waals surface area contributed by atoms with Gasteiger partial charge in [-0.2, -0.15) is 0 Å². The molecule has 4 rings (SSSR count). The fourth-order valence-electron chi connectivity index (χ4n) is 11.0. The summed E-state index contributed by atoms with van der Waals surface area (Å²) in [5, 5.41) is 3.13. The molecule has 0 aromatic heterocycles. The zero-order valence-electron chi connectivity index (χ0n) is 31.1. The van der Waals surface area contributed by atoms with Gasteiger partial charge in [0.05, 0.1) is 6.10 Å². The van der Waals surface area contributed by atoms with E-state index in [9.17, 15) is 4.79 Å². The highest BCUT2D eigenvalue weighted by molar-refractivity contribution is 5.75. The second-order valence-electron chi connectivity index (χ2n) is 17.8. The van der Waals surface area contributed by atoms with Crippen LogP contribution in [0.3, 0.4) is 0 Å².